The predicted octanol–water partition coefficient (Wildman–Crippen LogP) is 1.44. The van der Waals surface area contributed by atoms with Crippen LogP contribution in [0.3, 0.4) is 0 Å². The lowest BCUT2D eigenvalue weighted by Gasteiger charge is -2.40. The molecule has 5 heteroatoms. The Labute approximate surface area is 100 Å². The van der Waals surface area contributed by atoms with Gasteiger partial charge in [-0.25, -0.2) is 4.98 Å². The van der Waals surface area contributed by atoms with Crippen molar-refractivity contribution in [3.8, 4) is 0 Å². The second-order valence-electron chi connectivity index (χ2n) is 4.83. The van der Waals surface area contributed by atoms with Crippen molar-refractivity contribution >= 4 is 5.97 Å². The van der Waals surface area contributed by atoms with E-state index in [1.54, 1.807) is 6.92 Å². The lowest BCUT2D eigenvalue weighted by molar-refractivity contribution is -0.145. The second kappa shape index (κ2) is 4.49. The Balaban J connectivity index is 1.83. The largest absolute Gasteiger partial charge is 0.481 e. The number of rotatable bonds is 4. The molecule has 1 N–H and O–H groups in total. The highest BCUT2D eigenvalue weighted by Crippen LogP contribution is 2.25. The number of aromatic nitrogens is 1. The molecule has 94 valence electrons. The number of oxazole rings is 1. The number of carboxylic acids is 1. The van der Waals surface area contributed by atoms with Crippen molar-refractivity contribution in [3.63, 3.8) is 0 Å². The normalized spacial score (nSPS) is 19.0. The minimum atomic E-state index is -0.711. The van der Waals surface area contributed by atoms with E-state index in [2.05, 4.69) is 9.88 Å². The van der Waals surface area contributed by atoms with Gasteiger partial charge < -0.3 is 9.52 Å². The van der Waals surface area contributed by atoms with E-state index in [-0.39, 0.29) is 11.8 Å². The van der Waals surface area contributed by atoms with Crippen LogP contribution in [0.2, 0.25) is 0 Å². The van der Waals surface area contributed by atoms with Crippen LogP contribution in [0.25, 0.3) is 0 Å². The summed E-state index contributed by atoms with van der Waals surface area (Å²) in [5.74, 6) is 0.860. The molecule has 1 aromatic rings. The van der Waals surface area contributed by atoms with Crippen molar-refractivity contribution < 1.29 is 14.3 Å². The van der Waals surface area contributed by atoms with E-state index < -0.39 is 5.97 Å². The summed E-state index contributed by atoms with van der Waals surface area (Å²) in [6.07, 6.45) is 0. The van der Waals surface area contributed by atoms with Gasteiger partial charge in [0.15, 0.2) is 0 Å². The van der Waals surface area contributed by atoms with E-state index in [9.17, 15) is 4.79 Å². The maximum atomic E-state index is 10.8. The Bertz CT molecular complexity index is 402. The molecule has 2 rings (SSSR count). The Morgan fingerprint density at radius 3 is 2.71 bits per heavy atom. The molecule has 0 saturated carbocycles. The van der Waals surface area contributed by atoms with Gasteiger partial charge >= 0.3 is 5.97 Å². The number of hydrogen-bond donors (Lipinski definition) is 1. The molecule has 1 aromatic heterocycles. The van der Waals surface area contributed by atoms with Crippen LogP contribution >= 0.6 is 0 Å². The SMILES string of the molecule is Cc1nc(CN2CC(C(C)C(=O)O)C2)oc1C. The molecule has 1 saturated heterocycles. The van der Waals surface area contributed by atoms with Gasteiger partial charge in [0.1, 0.15) is 5.76 Å². The average Bonchev–Trinajstić information content (AvgIpc) is 2.50. The van der Waals surface area contributed by atoms with Crippen LogP contribution in [0.4, 0.5) is 0 Å². The maximum absolute atomic E-state index is 10.8. The van der Waals surface area contributed by atoms with Gasteiger partial charge in [0.05, 0.1) is 18.2 Å². The molecule has 2 heterocycles. The average molecular weight is 238 g/mol. The van der Waals surface area contributed by atoms with E-state index >= 15 is 0 Å². The first-order chi connectivity index (χ1) is 7.97. The Hall–Kier alpha value is -1.36. The summed E-state index contributed by atoms with van der Waals surface area (Å²) in [5.41, 5.74) is 0.927. The van der Waals surface area contributed by atoms with Gasteiger partial charge in [-0.1, -0.05) is 6.92 Å². The Morgan fingerprint density at radius 1 is 1.59 bits per heavy atom. The van der Waals surface area contributed by atoms with Crippen LogP contribution in [0.15, 0.2) is 4.42 Å². The van der Waals surface area contributed by atoms with Crippen molar-refractivity contribution in [3.05, 3.63) is 17.3 Å². The van der Waals surface area contributed by atoms with E-state index in [1.807, 2.05) is 13.8 Å². The number of likely N-dealkylation sites (tertiary alicyclic amines) is 1. The lowest BCUT2D eigenvalue weighted by Crippen LogP contribution is -2.50. The van der Waals surface area contributed by atoms with Crippen molar-refractivity contribution in [2.24, 2.45) is 11.8 Å². The number of carboxylic acid groups (broad SMARTS) is 1. The maximum Gasteiger partial charge on any atom is 0.306 e. The second-order valence-corrected chi connectivity index (χ2v) is 4.83. The number of aryl methyl sites for hydroxylation is 2. The minimum absolute atomic E-state index is 0.254. The molecule has 1 unspecified atom stereocenters. The first-order valence-electron chi connectivity index (χ1n) is 5.85. The third kappa shape index (κ3) is 2.49. The van der Waals surface area contributed by atoms with Crippen LogP contribution in [0.5, 0.6) is 0 Å². The van der Waals surface area contributed by atoms with Crippen molar-refractivity contribution in [2.45, 2.75) is 27.3 Å². The molecule has 17 heavy (non-hydrogen) atoms. The Morgan fingerprint density at radius 2 is 2.24 bits per heavy atom. The molecule has 0 bridgehead atoms. The van der Waals surface area contributed by atoms with Crippen LogP contribution in [-0.4, -0.2) is 34.0 Å². The fourth-order valence-electron chi connectivity index (χ4n) is 2.05. The van der Waals surface area contributed by atoms with E-state index in [4.69, 9.17) is 9.52 Å². The zero-order valence-electron chi connectivity index (χ0n) is 10.4. The smallest absolute Gasteiger partial charge is 0.306 e. The van der Waals surface area contributed by atoms with Gasteiger partial charge in [0, 0.05) is 13.1 Å². The van der Waals surface area contributed by atoms with Gasteiger partial charge in [-0.3, -0.25) is 9.69 Å². The van der Waals surface area contributed by atoms with Crippen molar-refractivity contribution in [1.29, 1.82) is 0 Å². The van der Waals surface area contributed by atoms with Gasteiger partial charge in [0.2, 0.25) is 5.89 Å². The molecular weight excluding hydrogens is 220 g/mol. The first-order valence-corrected chi connectivity index (χ1v) is 5.85. The molecule has 0 spiro atoms. The summed E-state index contributed by atoms with van der Waals surface area (Å²) in [6.45, 7) is 7.90. The fraction of sp³-hybridized carbons (Fsp3) is 0.667. The van der Waals surface area contributed by atoms with Gasteiger partial charge in [-0.2, -0.15) is 0 Å². The molecule has 1 aliphatic rings. The predicted molar refractivity (Wildman–Crippen MR) is 61.5 cm³/mol. The van der Waals surface area contributed by atoms with Gasteiger partial charge in [-0.15, -0.1) is 0 Å². The topological polar surface area (TPSA) is 66.6 Å². The standard InChI is InChI=1S/C12H18N2O3/c1-7(12(15)16)10-4-14(5-10)6-11-13-8(2)9(3)17-11/h7,10H,4-6H2,1-3H3,(H,15,16). The highest BCUT2D eigenvalue weighted by atomic mass is 16.4. The van der Waals surface area contributed by atoms with Crippen LogP contribution in [0.1, 0.15) is 24.3 Å². The molecule has 1 aliphatic heterocycles. The van der Waals surface area contributed by atoms with Crippen molar-refractivity contribution in [1.82, 2.24) is 9.88 Å². The zero-order valence-corrected chi connectivity index (χ0v) is 10.4. The molecule has 0 aliphatic carbocycles. The molecule has 0 amide bonds. The monoisotopic (exact) mass is 238 g/mol. The summed E-state index contributed by atoms with van der Waals surface area (Å²) >= 11 is 0. The van der Waals surface area contributed by atoms with Crippen LogP contribution in [0, 0.1) is 25.7 Å². The minimum Gasteiger partial charge on any atom is -0.481 e. The number of nitrogens with zero attached hydrogens (tertiary/aromatic N) is 2. The van der Waals surface area contributed by atoms with Gasteiger partial charge in [0.25, 0.3) is 0 Å². The summed E-state index contributed by atoms with van der Waals surface area (Å²) in [4.78, 5) is 17.3. The molecular formula is C12H18N2O3. The zero-order chi connectivity index (χ0) is 12.6. The summed E-state index contributed by atoms with van der Waals surface area (Å²) in [5, 5.41) is 8.88. The molecule has 5 nitrogen and oxygen atoms in total. The summed E-state index contributed by atoms with van der Waals surface area (Å²) < 4.78 is 5.49. The van der Waals surface area contributed by atoms with E-state index in [1.165, 1.54) is 0 Å². The summed E-state index contributed by atoms with van der Waals surface area (Å²) in [7, 11) is 0. The quantitative estimate of drug-likeness (QED) is 0.859. The van der Waals surface area contributed by atoms with Crippen molar-refractivity contribution in [2.75, 3.05) is 13.1 Å². The summed E-state index contributed by atoms with van der Waals surface area (Å²) in [6, 6.07) is 0. The third-order valence-electron chi connectivity index (χ3n) is 3.51. The Kier molecular flexibility index (Phi) is 3.19. The number of carbonyl (C=O) groups is 1. The van der Waals surface area contributed by atoms with Crippen LogP contribution in [-0.2, 0) is 11.3 Å². The highest BCUT2D eigenvalue weighted by molar-refractivity contribution is 5.70. The number of aliphatic carboxylic acids is 1. The van der Waals surface area contributed by atoms with E-state index in [0.29, 0.717) is 6.54 Å². The first kappa shape index (κ1) is 12.1. The third-order valence-corrected chi connectivity index (χ3v) is 3.51. The molecule has 1 atom stereocenters. The lowest BCUT2D eigenvalue weighted by atomic mass is 9.87. The number of hydrogen-bond acceptors (Lipinski definition) is 4. The molecule has 0 aromatic carbocycles. The highest BCUT2D eigenvalue weighted by Gasteiger charge is 2.35. The van der Waals surface area contributed by atoms with E-state index in [0.717, 1.165) is 30.4 Å². The molecule has 0 radical (unpaired) electrons. The van der Waals surface area contributed by atoms with Crippen LogP contribution < -0.4 is 0 Å². The van der Waals surface area contributed by atoms with Gasteiger partial charge in [-0.05, 0) is 19.8 Å². The fourth-order valence-corrected chi connectivity index (χ4v) is 2.05. The molecule has 1 fully saturated rings.